The predicted molar refractivity (Wildman–Crippen MR) is 83.0 cm³/mol. The van der Waals surface area contributed by atoms with E-state index in [0.29, 0.717) is 5.56 Å². The van der Waals surface area contributed by atoms with Crippen LogP contribution in [0.3, 0.4) is 0 Å². The molecule has 0 atom stereocenters. The monoisotopic (exact) mass is 280 g/mol. The minimum atomic E-state index is -0.909. The quantitative estimate of drug-likeness (QED) is 0.937. The van der Waals surface area contributed by atoms with Crippen LogP contribution in [0.25, 0.3) is 0 Å². The summed E-state index contributed by atoms with van der Waals surface area (Å²) in [5.74, 6) is -0.909. The molecule has 0 bridgehead atoms. The van der Waals surface area contributed by atoms with Gasteiger partial charge in [0.1, 0.15) is 0 Å². The zero-order valence-electron chi connectivity index (χ0n) is 11.6. The third kappa shape index (κ3) is 2.94. The number of rotatable bonds is 3. The van der Waals surface area contributed by atoms with Crippen LogP contribution in [-0.2, 0) is 0 Å². The van der Waals surface area contributed by atoms with E-state index in [0.717, 1.165) is 36.3 Å². The molecule has 4 nitrogen and oxygen atoms in total. The van der Waals surface area contributed by atoms with Gasteiger partial charge in [-0.25, -0.2) is 4.79 Å². The molecule has 106 valence electrons. The summed E-state index contributed by atoms with van der Waals surface area (Å²) in [6.07, 6.45) is 2.00. The first-order valence-corrected chi connectivity index (χ1v) is 6.98. The van der Waals surface area contributed by atoms with Crippen molar-refractivity contribution >= 4 is 17.4 Å². The van der Waals surface area contributed by atoms with Crippen molar-refractivity contribution in [1.29, 1.82) is 0 Å². The number of hydrazone groups is 1. The zero-order valence-corrected chi connectivity index (χ0v) is 11.6. The molecule has 1 aliphatic rings. The van der Waals surface area contributed by atoms with Crippen LogP contribution in [-0.4, -0.2) is 23.3 Å². The first kappa shape index (κ1) is 13.4. The van der Waals surface area contributed by atoms with E-state index in [9.17, 15) is 4.79 Å². The van der Waals surface area contributed by atoms with Gasteiger partial charge in [0.25, 0.3) is 0 Å². The fraction of sp³-hybridized carbons (Fsp3) is 0.176. The van der Waals surface area contributed by atoms with E-state index in [1.165, 1.54) is 0 Å². The zero-order chi connectivity index (χ0) is 14.7. The average molecular weight is 280 g/mol. The van der Waals surface area contributed by atoms with E-state index < -0.39 is 5.97 Å². The largest absolute Gasteiger partial charge is 0.478 e. The Bertz CT molecular complexity index is 663. The summed E-state index contributed by atoms with van der Waals surface area (Å²) in [7, 11) is 0. The Kier molecular flexibility index (Phi) is 3.69. The van der Waals surface area contributed by atoms with Crippen molar-refractivity contribution < 1.29 is 9.90 Å². The Balaban J connectivity index is 1.87. The topological polar surface area (TPSA) is 52.9 Å². The van der Waals surface area contributed by atoms with Gasteiger partial charge in [-0.1, -0.05) is 30.3 Å². The first-order valence-electron chi connectivity index (χ1n) is 6.98. The third-order valence-electron chi connectivity index (χ3n) is 3.54. The van der Waals surface area contributed by atoms with Crippen LogP contribution in [0.1, 0.15) is 28.8 Å². The number of carboxylic acids is 1. The molecule has 4 heteroatoms. The molecule has 0 saturated heterocycles. The SMILES string of the molecule is O=C(O)c1ccc(N2CCCC(c3ccccc3)=N2)cc1. The minimum Gasteiger partial charge on any atom is -0.478 e. The summed E-state index contributed by atoms with van der Waals surface area (Å²) >= 11 is 0. The van der Waals surface area contributed by atoms with Crippen LogP contribution in [0.15, 0.2) is 59.7 Å². The van der Waals surface area contributed by atoms with Crippen molar-refractivity contribution in [1.82, 2.24) is 0 Å². The molecule has 2 aromatic carbocycles. The number of aromatic carboxylic acids is 1. The van der Waals surface area contributed by atoms with Gasteiger partial charge < -0.3 is 5.11 Å². The number of hydrogen-bond acceptors (Lipinski definition) is 3. The predicted octanol–water partition coefficient (Wildman–Crippen LogP) is 3.39. The van der Waals surface area contributed by atoms with Crippen molar-refractivity contribution in [2.45, 2.75) is 12.8 Å². The lowest BCUT2D eigenvalue weighted by Crippen LogP contribution is -2.26. The van der Waals surface area contributed by atoms with Crippen LogP contribution in [0.4, 0.5) is 5.69 Å². The Morgan fingerprint density at radius 3 is 2.43 bits per heavy atom. The second-order valence-corrected chi connectivity index (χ2v) is 4.99. The van der Waals surface area contributed by atoms with E-state index in [2.05, 4.69) is 12.1 Å². The highest BCUT2D eigenvalue weighted by atomic mass is 16.4. The number of carboxylic acid groups (broad SMARTS) is 1. The smallest absolute Gasteiger partial charge is 0.335 e. The van der Waals surface area contributed by atoms with Gasteiger partial charge in [-0.15, -0.1) is 0 Å². The van der Waals surface area contributed by atoms with Gasteiger partial charge in [-0.05, 0) is 42.7 Å². The molecule has 0 aromatic heterocycles. The number of anilines is 1. The fourth-order valence-electron chi connectivity index (χ4n) is 2.44. The second-order valence-electron chi connectivity index (χ2n) is 4.99. The molecule has 0 spiro atoms. The molecule has 0 saturated carbocycles. The van der Waals surface area contributed by atoms with E-state index in [1.807, 2.05) is 23.2 Å². The van der Waals surface area contributed by atoms with Gasteiger partial charge >= 0.3 is 5.97 Å². The Hall–Kier alpha value is -2.62. The Morgan fingerprint density at radius 2 is 1.76 bits per heavy atom. The lowest BCUT2D eigenvalue weighted by molar-refractivity contribution is 0.0697. The van der Waals surface area contributed by atoms with E-state index >= 15 is 0 Å². The summed E-state index contributed by atoms with van der Waals surface area (Å²) in [6.45, 7) is 0.850. The molecule has 0 radical (unpaired) electrons. The first-order chi connectivity index (χ1) is 10.2. The molecule has 1 heterocycles. The average Bonchev–Trinajstić information content (AvgIpc) is 2.56. The molecular weight excluding hydrogens is 264 g/mol. The molecular formula is C17H16N2O2. The van der Waals surface area contributed by atoms with Crippen LogP contribution in [0.2, 0.25) is 0 Å². The van der Waals surface area contributed by atoms with Gasteiger partial charge in [0.05, 0.1) is 17.0 Å². The molecule has 21 heavy (non-hydrogen) atoms. The van der Waals surface area contributed by atoms with Crippen molar-refractivity contribution in [2.24, 2.45) is 5.10 Å². The van der Waals surface area contributed by atoms with Crippen LogP contribution >= 0.6 is 0 Å². The maximum Gasteiger partial charge on any atom is 0.335 e. The third-order valence-corrected chi connectivity index (χ3v) is 3.54. The molecule has 0 fully saturated rings. The van der Waals surface area contributed by atoms with Crippen LogP contribution in [0, 0.1) is 0 Å². The summed E-state index contributed by atoms with van der Waals surface area (Å²) in [6, 6.07) is 17.0. The summed E-state index contributed by atoms with van der Waals surface area (Å²) in [5, 5.41) is 15.6. The lowest BCUT2D eigenvalue weighted by atomic mass is 10.0. The van der Waals surface area contributed by atoms with Gasteiger partial charge in [-0.2, -0.15) is 5.10 Å². The van der Waals surface area contributed by atoms with Crippen molar-refractivity contribution in [3.8, 4) is 0 Å². The van der Waals surface area contributed by atoms with Crippen LogP contribution < -0.4 is 5.01 Å². The summed E-state index contributed by atoms with van der Waals surface area (Å²) in [5.41, 5.74) is 3.43. The van der Waals surface area contributed by atoms with Gasteiger partial charge in [0.15, 0.2) is 0 Å². The summed E-state index contributed by atoms with van der Waals surface area (Å²) < 4.78 is 0. The van der Waals surface area contributed by atoms with Crippen LogP contribution in [0.5, 0.6) is 0 Å². The standard InChI is InChI=1S/C17H16N2O2/c20-17(21)14-8-10-15(11-9-14)19-12-4-7-16(18-19)13-5-2-1-3-6-13/h1-3,5-6,8-11H,4,7,12H2,(H,20,21). The highest BCUT2D eigenvalue weighted by Crippen LogP contribution is 2.21. The Labute approximate surface area is 123 Å². The molecule has 3 rings (SSSR count). The maximum atomic E-state index is 10.9. The number of carbonyl (C=O) groups is 1. The maximum absolute atomic E-state index is 10.9. The van der Waals surface area contributed by atoms with E-state index in [1.54, 1.807) is 24.3 Å². The highest BCUT2D eigenvalue weighted by Gasteiger charge is 2.15. The number of benzene rings is 2. The molecule has 0 unspecified atom stereocenters. The fourth-order valence-corrected chi connectivity index (χ4v) is 2.44. The number of hydrogen-bond donors (Lipinski definition) is 1. The van der Waals surface area contributed by atoms with Gasteiger partial charge in [-0.3, -0.25) is 5.01 Å². The van der Waals surface area contributed by atoms with E-state index in [-0.39, 0.29) is 0 Å². The summed E-state index contributed by atoms with van der Waals surface area (Å²) in [4.78, 5) is 10.9. The van der Waals surface area contributed by atoms with Gasteiger partial charge in [0, 0.05) is 6.54 Å². The van der Waals surface area contributed by atoms with Crippen molar-refractivity contribution in [3.63, 3.8) is 0 Å². The van der Waals surface area contributed by atoms with Crippen molar-refractivity contribution in [3.05, 3.63) is 65.7 Å². The molecule has 0 amide bonds. The number of nitrogens with zero attached hydrogens (tertiary/aromatic N) is 2. The van der Waals surface area contributed by atoms with Crippen molar-refractivity contribution in [2.75, 3.05) is 11.6 Å². The van der Waals surface area contributed by atoms with Gasteiger partial charge in [0.2, 0.25) is 0 Å². The molecule has 2 aromatic rings. The lowest BCUT2D eigenvalue weighted by Gasteiger charge is -2.25. The molecule has 1 aliphatic heterocycles. The second kappa shape index (κ2) is 5.79. The minimum absolute atomic E-state index is 0.294. The molecule has 0 aliphatic carbocycles. The normalized spacial score (nSPS) is 14.7. The molecule has 1 N–H and O–H groups in total. The van der Waals surface area contributed by atoms with E-state index in [4.69, 9.17) is 10.2 Å². The highest BCUT2D eigenvalue weighted by molar-refractivity contribution is 6.01. The Morgan fingerprint density at radius 1 is 1.05 bits per heavy atom.